The Bertz CT molecular complexity index is 2080. The number of hydrogen-bond donors (Lipinski definition) is 3. The maximum absolute atomic E-state index is 12.8. The zero-order valence-electron chi connectivity index (χ0n) is 33.1. The van der Waals surface area contributed by atoms with Crippen LogP contribution in [0.2, 0.25) is 5.02 Å². The largest absolute Gasteiger partial charge is 0.508 e. The second kappa shape index (κ2) is 19.0. The van der Waals surface area contributed by atoms with Gasteiger partial charge >= 0.3 is 0 Å². The van der Waals surface area contributed by atoms with Gasteiger partial charge < -0.3 is 30.4 Å². The highest BCUT2D eigenvalue weighted by atomic mass is 35.5. The van der Waals surface area contributed by atoms with Crippen LogP contribution in [0.1, 0.15) is 99.1 Å². The van der Waals surface area contributed by atoms with Crippen molar-refractivity contribution in [2.45, 2.75) is 101 Å². The first-order valence-electron chi connectivity index (χ1n) is 20.7. The molecule has 5 heterocycles. The molecule has 3 saturated heterocycles. The van der Waals surface area contributed by atoms with Crippen molar-refractivity contribution in [2.75, 3.05) is 43.0 Å². The van der Waals surface area contributed by atoms with Crippen LogP contribution in [0.15, 0.2) is 54.7 Å². The molecule has 1 saturated carbocycles. The number of rotatable bonds is 11. The topological polar surface area (TPSA) is 173 Å². The number of carbonyl (C=O) groups is 3. The Hall–Kier alpha value is -5.26. The number of phenolic OH excluding ortho intramolecular Hbond substituents is 1. The Morgan fingerprint density at radius 1 is 0.983 bits per heavy atom. The zero-order chi connectivity index (χ0) is 40.6. The highest BCUT2D eigenvalue weighted by molar-refractivity contribution is 6.31. The smallest absolute Gasteiger partial charge is 0.272 e. The molecule has 2 unspecified atom stereocenters. The minimum atomic E-state index is -0.101. The molecule has 2 bridgehead atoms. The molecule has 0 radical (unpaired) electrons. The maximum atomic E-state index is 12.8. The van der Waals surface area contributed by atoms with Crippen molar-refractivity contribution in [3.63, 3.8) is 0 Å². The summed E-state index contributed by atoms with van der Waals surface area (Å²) in [5, 5.41) is 37.9. The van der Waals surface area contributed by atoms with Crippen LogP contribution in [0.5, 0.6) is 5.75 Å². The summed E-state index contributed by atoms with van der Waals surface area (Å²) in [4.78, 5) is 43.2. The first kappa shape index (κ1) is 40.9. The Morgan fingerprint density at radius 2 is 1.74 bits per heavy atom. The van der Waals surface area contributed by atoms with Crippen LogP contribution in [-0.2, 0) is 9.59 Å². The molecule has 2 aromatic carbocycles. The Balaban J connectivity index is 0.000000449. The molecule has 2 atom stereocenters. The lowest BCUT2D eigenvalue weighted by Gasteiger charge is -2.42. The van der Waals surface area contributed by atoms with Gasteiger partial charge in [-0.1, -0.05) is 36.9 Å². The molecule has 3 aliphatic heterocycles. The van der Waals surface area contributed by atoms with E-state index in [2.05, 4.69) is 41.4 Å². The second-order valence-corrected chi connectivity index (χ2v) is 16.5. The second-order valence-electron chi connectivity index (χ2n) is 16.0. The van der Waals surface area contributed by atoms with Gasteiger partial charge in [-0.25, -0.2) is 0 Å². The predicted octanol–water partition coefficient (Wildman–Crippen LogP) is 5.99. The molecule has 3 amide bonds. The van der Waals surface area contributed by atoms with E-state index in [1.54, 1.807) is 11.9 Å². The standard InChI is InChI=1S/C36H49N9O3.C7H4ClNO/c1-37-35(47)16-19-43(24-46)32-8-5-9-33-30(32)22-38-45(33)27-14-17-42(18-15-27)23-25-20-28-10-11-29(21-25)44(28)34-13-12-31(40-41-34)36(48)39-26-6-3-2-4-7-26;8-7-3-6(10)2-1-5(7)4-9/h5,8-9,12-13,22,24-29H,2-4,6-7,10-11,14-21,23H2,1H3,(H,37,47)(H,39,48);1-3,10H. The molecule has 4 aliphatic rings. The van der Waals surface area contributed by atoms with Gasteiger partial charge in [0.15, 0.2) is 11.5 Å². The summed E-state index contributed by atoms with van der Waals surface area (Å²) in [5.74, 6) is 1.46. The number of nitrogens with zero attached hydrogens (tertiary/aromatic N) is 8. The van der Waals surface area contributed by atoms with Crippen molar-refractivity contribution in [2.24, 2.45) is 5.92 Å². The first-order chi connectivity index (χ1) is 28.2. The van der Waals surface area contributed by atoms with Crippen molar-refractivity contribution in [3.05, 3.63) is 71.0 Å². The fourth-order valence-corrected chi connectivity index (χ4v) is 9.60. The van der Waals surface area contributed by atoms with Gasteiger partial charge in [-0.15, -0.1) is 10.2 Å². The van der Waals surface area contributed by atoms with Crippen molar-refractivity contribution < 1.29 is 19.5 Å². The summed E-state index contributed by atoms with van der Waals surface area (Å²) in [6, 6.07) is 17.5. The SMILES string of the molecule is CNC(=O)CCN(C=O)c1cccc2c1cnn2C1CCN(CC2CC3CCC(C2)N3c2ccc(C(=O)NC3CCCCC3)nn2)CC1.N#Cc1ccc(O)cc1Cl. The number of halogens is 1. The molecule has 14 nitrogen and oxygen atoms in total. The Morgan fingerprint density at radius 3 is 2.40 bits per heavy atom. The van der Waals surface area contributed by atoms with Crippen LogP contribution in [0, 0.1) is 17.2 Å². The number of carbonyl (C=O) groups excluding carboxylic acids is 3. The van der Waals surface area contributed by atoms with Gasteiger partial charge in [-0.3, -0.25) is 19.1 Å². The van der Waals surface area contributed by atoms with E-state index in [0.29, 0.717) is 41.8 Å². The number of aromatic hydroxyl groups is 1. The van der Waals surface area contributed by atoms with E-state index >= 15 is 0 Å². The maximum Gasteiger partial charge on any atom is 0.272 e. The highest BCUT2D eigenvalue weighted by Crippen LogP contribution is 2.42. The molecule has 0 spiro atoms. The normalized spacial score (nSPS) is 21.1. The highest BCUT2D eigenvalue weighted by Gasteiger charge is 2.42. The Kier molecular flexibility index (Phi) is 13.4. The number of nitrogens with one attached hydrogen (secondary N) is 2. The summed E-state index contributed by atoms with van der Waals surface area (Å²) in [6.07, 6.45) is 15.5. The summed E-state index contributed by atoms with van der Waals surface area (Å²) < 4.78 is 2.14. The number of likely N-dealkylation sites (tertiary alicyclic amines) is 1. The fraction of sp³-hybridized carbons (Fsp3) is 0.512. The van der Waals surface area contributed by atoms with Crippen molar-refractivity contribution >= 4 is 52.2 Å². The monoisotopic (exact) mass is 808 g/mol. The molecule has 2 aromatic heterocycles. The van der Waals surface area contributed by atoms with E-state index in [0.717, 1.165) is 74.1 Å². The molecular weight excluding hydrogens is 756 g/mol. The Labute approximate surface area is 344 Å². The van der Waals surface area contributed by atoms with Crippen LogP contribution >= 0.6 is 11.6 Å². The minimum absolute atomic E-state index is 0.0731. The molecule has 306 valence electrons. The number of benzene rings is 2. The lowest BCUT2D eigenvalue weighted by atomic mass is 9.89. The van der Waals surface area contributed by atoms with Gasteiger partial charge in [-0.2, -0.15) is 10.4 Å². The molecule has 8 rings (SSSR count). The minimum Gasteiger partial charge on any atom is -0.508 e. The van der Waals surface area contributed by atoms with Crippen LogP contribution < -0.4 is 20.4 Å². The lowest BCUT2D eigenvalue weighted by Crippen LogP contribution is -2.47. The summed E-state index contributed by atoms with van der Waals surface area (Å²) >= 11 is 5.55. The van der Waals surface area contributed by atoms with Gasteiger partial charge in [0, 0.05) is 63.2 Å². The van der Waals surface area contributed by atoms with Gasteiger partial charge in [0.25, 0.3) is 5.91 Å². The third-order valence-electron chi connectivity index (χ3n) is 12.3. The number of amides is 3. The predicted molar refractivity (Wildman–Crippen MR) is 223 cm³/mol. The number of piperidine rings is 2. The summed E-state index contributed by atoms with van der Waals surface area (Å²) in [6.45, 7) is 3.54. The number of aromatic nitrogens is 4. The van der Waals surface area contributed by atoms with E-state index in [4.69, 9.17) is 27.1 Å². The van der Waals surface area contributed by atoms with Gasteiger partial charge in [0.2, 0.25) is 12.3 Å². The number of fused-ring (bicyclic) bond motifs is 3. The summed E-state index contributed by atoms with van der Waals surface area (Å²) in [5.41, 5.74) is 2.61. The average Bonchev–Trinajstić information content (AvgIpc) is 3.80. The third kappa shape index (κ3) is 9.54. The van der Waals surface area contributed by atoms with E-state index < -0.39 is 0 Å². The van der Waals surface area contributed by atoms with Crippen LogP contribution in [0.3, 0.4) is 0 Å². The van der Waals surface area contributed by atoms with Crippen molar-refractivity contribution in [3.8, 4) is 11.8 Å². The van der Waals surface area contributed by atoms with Crippen LogP contribution in [0.4, 0.5) is 11.5 Å². The van der Waals surface area contributed by atoms with E-state index in [-0.39, 0.29) is 35.0 Å². The molecule has 3 N–H and O–H groups in total. The molecule has 1 aliphatic carbocycles. The summed E-state index contributed by atoms with van der Waals surface area (Å²) in [7, 11) is 1.61. The van der Waals surface area contributed by atoms with Gasteiger partial charge in [0.1, 0.15) is 11.8 Å². The average molecular weight is 809 g/mol. The molecular formula is C43H53ClN10O4. The number of anilines is 2. The number of phenols is 1. The number of hydrogen-bond acceptors (Lipinski definition) is 10. The van der Waals surface area contributed by atoms with E-state index in [1.807, 2.05) is 36.5 Å². The quantitative estimate of drug-likeness (QED) is 0.153. The van der Waals surface area contributed by atoms with Crippen molar-refractivity contribution in [1.82, 2.24) is 35.5 Å². The number of nitriles is 1. The zero-order valence-corrected chi connectivity index (χ0v) is 33.9. The fourth-order valence-electron chi connectivity index (χ4n) is 9.38. The van der Waals surface area contributed by atoms with E-state index in [9.17, 15) is 14.4 Å². The third-order valence-corrected chi connectivity index (χ3v) is 12.6. The van der Waals surface area contributed by atoms with E-state index in [1.165, 1.54) is 63.1 Å². The van der Waals surface area contributed by atoms with Crippen molar-refractivity contribution in [1.29, 1.82) is 5.26 Å². The van der Waals surface area contributed by atoms with Gasteiger partial charge in [0.05, 0.1) is 34.0 Å². The molecule has 4 fully saturated rings. The van der Waals surface area contributed by atoms with Crippen LogP contribution in [0.25, 0.3) is 10.9 Å². The lowest BCUT2D eigenvalue weighted by molar-refractivity contribution is -0.120. The first-order valence-corrected chi connectivity index (χ1v) is 21.0. The molecule has 58 heavy (non-hydrogen) atoms. The molecule has 4 aromatic rings. The molecule has 15 heteroatoms. The van der Waals surface area contributed by atoms with Crippen LogP contribution in [-0.4, -0.2) is 99.6 Å². The van der Waals surface area contributed by atoms with Gasteiger partial charge in [-0.05, 0) is 99.7 Å².